The number of carbonyl (C=O) groups is 1. The van der Waals surface area contributed by atoms with Gasteiger partial charge in [0.05, 0.1) is 0 Å². The zero-order valence-electron chi connectivity index (χ0n) is 13.5. The smallest absolute Gasteiger partial charge is 0.407 e. The number of ether oxygens (including phenoxy) is 1. The Bertz CT molecular complexity index is 635. The lowest BCUT2D eigenvalue weighted by Gasteiger charge is -2.14. The van der Waals surface area contributed by atoms with Crippen LogP contribution < -0.4 is 5.32 Å². The molecular weight excluding hydrogens is 286 g/mol. The van der Waals surface area contributed by atoms with Gasteiger partial charge in [0.1, 0.15) is 6.61 Å². The molecule has 0 bridgehead atoms. The maximum absolute atomic E-state index is 11.9. The second kappa shape index (κ2) is 7.32. The molecule has 3 heteroatoms. The van der Waals surface area contributed by atoms with Gasteiger partial charge >= 0.3 is 6.09 Å². The van der Waals surface area contributed by atoms with Gasteiger partial charge in [0.2, 0.25) is 0 Å². The van der Waals surface area contributed by atoms with E-state index < -0.39 is 0 Å². The summed E-state index contributed by atoms with van der Waals surface area (Å²) >= 11 is 0. The minimum absolute atomic E-state index is 0.129. The van der Waals surface area contributed by atoms with E-state index in [1.807, 2.05) is 12.1 Å². The van der Waals surface area contributed by atoms with Crippen molar-refractivity contribution in [1.82, 2.24) is 5.32 Å². The number of unbranched alkanes of at least 4 members (excludes halogenated alkanes) is 2. The summed E-state index contributed by atoms with van der Waals surface area (Å²) in [6, 6.07) is 16.7. The monoisotopic (exact) mass is 309 g/mol. The molecule has 0 radical (unpaired) electrons. The van der Waals surface area contributed by atoms with Crippen LogP contribution in [-0.4, -0.2) is 19.2 Å². The van der Waals surface area contributed by atoms with Gasteiger partial charge in [-0.05, 0) is 28.7 Å². The second-order valence-electron chi connectivity index (χ2n) is 5.96. The average molecular weight is 309 g/mol. The molecule has 0 fully saturated rings. The number of rotatable bonds is 6. The van der Waals surface area contributed by atoms with Crippen LogP contribution in [0.1, 0.15) is 43.2 Å². The summed E-state index contributed by atoms with van der Waals surface area (Å²) < 4.78 is 5.47. The lowest BCUT2D eigenvalue weighted by molar-refractivity contribution is 0.143. The Morgan fingerprint density at radius 1 is 1.00 bits per heavy atom. The van der Waals surface area contributed by atoms with E-state index >= 15 is 0 Å². The van der Waals surface area contributed by atoms with Crippen LogP contribution in [0.5, 0.6) is 0 Å². The molecule has 0 aliphatic heterocycles. The van der Waals surface area contributed by atoms with Crippen molar-refractivity contribution in [3.63, 3.8) is 0 Å². The fraction of sp³-hybridized carbons (Fsp3) is 0.350. The molecule has 3 rings (SSSR count). The molecule has 1 amide bonds. The van der Waals surface area contributed by atoms with Gasteiger partial charge in [0, 0.05) is 12.5 Å². The molecule has 2 aromatic carbocycles. The Hall–Kier alpha value is -2.29. The second-order valence-corrected chi connectivity index (χ2v) is 5.96. The molecule has 1 aliphatic rings. The molecule has 0 unspecified atom stereocenters. The SMILES string of the molecule is CCCCCNC(=O)OCC1c2ccccc2-c2ccccc21. The van der Waals surface area contributed by atoms with Crippen LogP contribution in [0, 0.1) is 0 Å². The van der Waals surface area contributed by atoms with Crippen molar-refractivity contribution in [2.45, 2.75) is 32.1 Å². The van der Waals surface area contributed by atoms with Crippen LogP contribution in [0.15, 0.2) is 48.5 Å². The molecule has 0 aromatic heterocycles. The highest BCUT2D eigenvalue weighted by atomic mass is 16.5. The normalized spacial score (nSPS) is 12.6. The van der Waals surface area contributed by atoms with E-state index in [0.29, 0.717) is 13.2 Å². The van der Waals surface area contributed by atoms with E-state index in [2.05, 4.69) is 48.6 Å². The summed E-state index contributed by atoms with van der Waals surface area (Å²) in [7, 11) is 0. The first-order valence-corrected chi connectivity index (χ1v) is 8.40. The van der Waals surface area contributed by atoms with Gasteiger partial charge < -0.3 is 10.1 Å². The first-order chi connectivity index (χ1) is 11.3. The number of hydrogen-bond donors (Lipinski definition) is 1. The summed E-state index contributed by atoms with van der Waals surface area (Å²) in [5.74, 6) is 0.129. The molecule has 120 valence electrons. The number of amides is 1. The van der Waals surface area contributed by atoms with Gasteiger partial charge in [-0.1, -0.05) is 68.3 Å². The third kappa shape index (κ3) is 3.39. The van der Waals surface area contributed by atoms with Crippen molar-refractivity contribution in [3.05, 3.63) is 59.7 Å². The molecule has 23 heavy (non-hydrogen) atoms. The fourth-order valence-corrected chi connectivity index (χ4v) is 3.21. The highest BCUT2D eigenvalue weighted by molar-refractivity contribution is 5.79. The maximum Gasteiger partial charge on any atom is 0.407 e. The van der Waals surface area contributed by atoms with Gasteiger partial charge in [-0.2, -0.15) is 0 Å². The standard InChI is InChI=1S/C20H23NO2/c1-2-3-8-13-21-20(22)23-14-19-17-11-6-4-9-15(17)16-10-5-7-12-18(16)19/h4-7,9-12,19H,2-3,8,13-14H2,1H3,(H,21,22). The van der Waals surface area contributed by atoms with E-state index in [-0.39, 0.29) is 12.0 Å². The van der Waals surface area contributed by atoms with Crippen molar-refractivity contribution in [3.8, 4) is 11.1 Å². The number of hydrogen-bond acceptors (Lipinski definition) is 2. The molecule has 1 aliphatic carbocycles. The number of alkyl carbamates (subject to hydrolysis) is 1. The van der Waals surface area contributed by atoms with E-state index in [1.165, 1.54) is 22.3 Å². The first kappa shape index (κ1) is 15.6. The third-order valence-corrected chi connectivity index (χ3v) is 4.39. The predicted molar refractivity (Wildman–Crippen MR) is 92.6 cm³/mol. The summed E-state index contributed by atoms with van der Waals surface area (Å²) in [6.45, 7) is 3.21. The molecular formula is C20H23NO2. The summed E-state index contributed by atoms with van der Waals surface area (Å²) in [4.78, 5) is 11.9. The Morgan fingerprint density at radius 2 is 1.61 bits per heavy atom. The summed E-state index contributed by atoms with van der Waals surface area (Å²) in [5, 5.41) is 2.83. The highest BCUT2D eigenvalue weighted by Gasteiger charge is 2.28. The van der Waals surface area contributed by atoms with Crippen LogP contribution in [0.4, 0.5) is 4.79 Å². The quantitative estimate of drug-likeness (QED) is 0.784. The molecule has 3 nitrogen and oxygen atoms in total. The first-order valence-electron chi connectivity index (χ1n) is 8.40. The van der Waals surface area contributed by atoms with Crippen LogP contribution in [0.25, 0.3) is 11.1 Å². The maximum atomic E-state index is 11.9. The van der Waals surface area contributed by atoms with Crippen molar-refractivity contribution >= 4 is 6.09 Å². The average Bonchev–Trinajstić information content (AvgIpc) is 2.91. The Morgan fingerprint density at radius 3 is 2.22 bits per heavy atom. The van der Waals surface area contributed by atoms with Crippen LogP contribution in [0.3, 0.4) is 0 Å². The third-order valence-electron chi connectivity index (χ3n) is 4.39. The molecule has 1 N–H and O–H groups in total. The minimum Gasteiger partial charge on any atom is -0.449 e. The predicted octanol–water partition coefficient (Wildman–Crippen LogP) is 4.72. The largest absolute Gasteiger partial charge is 0.449 e. The molecule has 0 spiro atoms. The lowest BCUT2D eigenvalue weighted by Crippen LogP contribution is -2.26. The topological polar surface area (TPSA) is 38.3 Å². The minimum atomic E-state index is -0.317. The zero-order valence-corrected chi connectivity index (χ0v) is 13.5. The lowest BCUT2D eigenvalue weighted by atomic mass is 9.98. The fourth-order valence-electron chi connectivity index (χ4n) is 3.21. The van der Waals surface area contributed by atoms with Crippen LogP contribution in [-0.2, 0) is 4.74 Å². The van der Waals surface area contributed by atoms with Crippen LogP contribution in [0.2, 0.25) is 0 Å². The van der Waals surface area contributed by atoms with Gasteiger partial charge in [0.25, 0.3) is 0 Å². The number of fused-ring (bicyclic) bond motifs is 3. The number of nitrogens with one attached hydrogen (secondary N) is 1. The van der Waals surface area contributed by atoms with Gasteiger partial charge in [0.15, 0.2) is 0 Å². The number of carbonyl (C=O) groups excluding carboxylic acids is 1. The molecule has 0 atom stereocenters. The van der Waals surface area contributed by atoms with Gasteiger partial charge in [-0.15, -0.1) is 0 Å². The summed E-state index contributed by atoms with van der Waals surface area (Å²) in [5.41, 5.74) is 4.99. The van der Waals surface area contributed by atoms with Crippen molar-refractivity contribution in [2.24, 2.45) is 0 Å². The van der Waals surface area contributed by atoms with Gasteiger partial charge in [-0.25, -0.2) is 4.79 Å². The Balaban J connectivity index is 1.65. The molecule has 2 aromatic rings. The molecule has 0 saturated carbocycles. The van der Waals surface area contributed by atoms with E-state index in [4.69, 9.17) is 4.74 Å². The highest BCUT2D eigenvalue weighted by Crippen LogP contribution is 2.44. The van der Waals surface area contributed by atoms with E-state index in [0.717, 1.165) is 19.3 Å². The Kier molecular flexibility index (Phi) is 4.96. The van der Waals surface area contributed by atoms with Crippen molar-refractivity contribution < 1.29 is 9.53 Å². The molecule has 0 heterocycles. The Labute approximate surface area is 137 Å². The molecule has 0 saturated heterocycles. The van der Waals surface area contributed by atoms with E-state index in [1.54, 1.807) is 0 Å². The van der Waals surface area contributed by atoms with Crippen LogP contribution >= 0.6 is 0 Å². The summed E-state index contributed by atoms with van der Waals surface area (Å²) in [6.07, 6.45) is 2.96. The number of benzene rings is 2. The van der Waals surface area contributed by atoms with E-state index in [9.17, 15) is 4.79 Å². The van der Waals surface area contributed by atoms with Crippen molar-refractivity contribution in [1.29, 1.82) is 0 Å². The van der Waals surface area contributed by atoms with Gasteiger partial charge in [-0.3, -0.25) is 0 Å². The zero-order chi connectivity index (χ0) is 16.1. The van der Waals surface area contributed by atoms with Crippen molar-refractivity contribution in [2.75, 3.05) is 13.2 Å².